The number of phenols is 1. The van der Waals surface area contributed by atoms with Crippen LogP contribution in [-0.4, -0.2) is 24.7 Å². The monoisotopic (exact) mass is 272 g/mol. The molecule has 0 bridgehead atoms. The molecule has 5 nitrogen and oxygen atoms in total. The van der Waals surface area contributed by atoms with Crippen LogP contribution in [0.1, 0.15) is 0 Å². The van der Waals surface area contributed by atoms with Gasteiger partial charge >= 0.3 is 0 Å². The second-order valence-electron chi connectivity index (χ2n) is 4.33. The molecule has 0 aliphatic carbocycles. The molecule has 3 N–H and O–H groups in total. The Labute approximate surface area is 117 Å². The molecule has 0 unspecified atom stereocenters. The summed E-state index contributed by atoms with van der Waals surface area (Å²) in [6.07, 6.45) is 0. The molecule has 2 aromatic rings. The largest absolute Gasteiger partial charge is 0.508 e. The van der Waals surface area contributed by atoms with Crippen LogP contribution in [-0.2, 0) is 4.79 Å². The van der Waals surface area contributed by atoms with Crippen molar-refractivity contribution in [3.8, 4) is 11.5 Å². The molecule has 0 saturated carbocycles. The zero-order valence-corrected chi connectivity index (χ0v) is 11.1. The third-order valence-electron chi connectivity index (χ3n) is 2.81. The highest BCUT2D eigenvalue weighted by atomic mass is 16.5. The van der Waals surface area contributed by atoms with Gasteiger partial charge in [0.15, 0.2) is 6.61 Å². The van der Waals surface area contributed by atoms with Crippen LogP contribution in [0.4, 0.5) is 11.4 Å². The molecule has 0 aliphatic heterocycles. The lowest BCUT2D eigenvalue weighted by molar-refractivity contribution is -0.120. The molecule has 0 heterocycles. The maximum Gasteiger partial charge on any atom is 0.264 e. The summed E-state index contributed by atoms with van der Waals surface area (Å²) in [7, 11) is 1.62. The van der Waals surface area contributed by atoms with Gasteiger partial charge in [0.05, 0.1) is 0 Å². The first-order chi connectivity index (χ1) is 9.56. The number of benzene rings is 2. The van der Waals surface area contributed by atoms with E-state index in [2.05, 4.69) is 0 Å². The van der Waals surface area contributed by atoms with E-state index in [4.69, 9.17) is 10.5 Å². The molecule has 0 aliphatic rings. The van der Waals surface area contributed by atoms with Crippen molar-refractivity contribution in [1.29, 1.82) is 0 Å². The maximum atomic E-state index is 12.0. The number of nitrogens with zero attached hydrogens (tertiary/aromatic N) is 1. The standard InChI is InChI=1S/C15H16N2O3/c1-17(12-5-3-6-13(18)9-12)15(19)10-20-14-7-2-4-11(16)8-14/h2-9,18H,10,16H2,1H3. The zero-order chi connectivity index (χ0) is 14.5. The van der Waals surface area contributed by atoms with Crippen molar-refractivity contribution in [2.24, 2.45) is 0 Å². The lowest BCUT2D eigenvalue weighted by Crippen LogP contribution is -2.31. The summed E-state index contributed by atoms with van der Waals surface area (Å²) in [5, 5.41) is 9.40. The fraction of sp³-hybridized carbons (Fsp3) is 0.133. The van der Waals surface area contributed by atoms with Gasteiger partial charge in [-0.1, -0.05) is 12.1 Å². The molecule has 2 aromatic carbocycles. The molecule has 104 valence electrons. The number of hydrogen-bond acceptors (Lipinski definition) is 4. The topological polar surface area (TPSA) is 75.8 Å². The number of nitrogens with two attached hydrogens (primary N) is 1. The summed E-state index contributed by atoms with van der Waals surface area (Å²) >= 11 is 0. The van der Waals surface area contributed by atoms with Crippen molar-refractivity contribution in [2.45, 2.75) is 0 Å². The molecule has 5 heteroatoms. The highest BCUT2D eigenvalue weighted by Crippen LogP contribution is 2.19. The van der Waals surface area contributed by atoms with E-state index in [1.54, 1.807) is 49.5 Å². The number of ether oxygens (including phenoxy) is 1. The minimum absolute atomic E-state index is 0.102. The minimum atomic E-state index is -0.224. The number of carbonyl (C=O) groups is 1. The van der Waals surface area contributed by atoms with E-state index >= 15 is 0 Å². The van der Waals surface area contributed by atoms with Gasteiger partial charge in [0.25, 0.3) is 5.91 Å². The Kier molecular flexibility index (Phi) is 4.10. The van der Waals surface area contributed by atoms with Crippen LogP contribution in [0.25, 0.3) is 0 Å². The van der Waals surface area contributed by atoms with E-state index in [0.717, 1.165) is 0 Å². The Bertz CT molecular complexity index is 614. The van der Waals surface area contributed by atoms with Gasteiger partial charge < -0.3 is 20.5 Å². The minimum Gasteiger partial charge on any atom is -0.508 e. The Morgan fingerprint density at radius 3 is 2.70 bits per heavy atom. The third-order valence-corrected chi connectivity index (χ3v) is 2.81. The van der Waals surface area contributed by atoms with E-state index in [-0.39, 0.29) is 18.3 Å². The quantitative estimate of drug-likeness (QED) is 0.835. The average Bonchev–Trinajstić information content (AvgIpc) is 2.44. The van der Waals surface area contributed by atoms with Gasteiger partial charge in [-0.3, -0.25) is 4.79 Å². The number of anilines is 2. The molecular formula is C15H16N2O3. The van der Waals surface area contributed by atoms with Crippen LogP contribution in [0, 0.1) is 0 Å². The SMILES string of the molecule is CN(C(=O)COc1cccc(N)c1)c1cccc(O)c1. The maximum absolute atomic E-state index is 12.0. The van der Waals surface area contributed by atoms with Crippen molar-refractivity contribution in [1.82, 2.24) is 0 Å². The fourth-order valence-electron chi connectivity index (χ4n) is 1.69. The smallest absolute Gasteiger partial charge is 0.264 e. The number of rotatable bonds is 4. The fourth-order valence-corrected chi connectivity index (χ4v) is 1.69. The van der Waals surface area contributed by atoms with E-state index in [0.29, 0.717) is 17.1 Å². The number of amides is 1. The second kappa shape index (κ2) is 5.97. The first kappa shape index (κ1) is 13.7. The number of likely N-dealkylation sites (N-methyl/N-ethyl adjacent to an activating group) is 1. The molecule has 0 spiro atoms. The second-order valence-corrected chi connectivity index (χ2v) is 4.33. The predicted octanol–water partition coefficient (Wildman–Crippen LogP) is 2.02. The highest BCUT2D eigenvalue weighted by Gasteiger charge is 2.12. The molecule has 20 heavy (non-hydrogen) atoms. The van der Waals surface area contributed by atoms with E-state index in [1.165, 1.54) is 11.0 Å². The van der Waals surface area contributed by atoms with E-state index < -0.39 is 0 Å². The van der Waals surface area contributed by atoms with Gasteiger partial charge in [-0.15, -0.1) is 0 Å². The summed E-state index contributed by atoms with van der Waals surface area (Å²) in [5.74, 6) is 0.430. The number of aromatic hydroxyl groups is 1. The Morgan fingerprint density at radius 2 is 2.00 bits per heavy atom. The Morgan fingerprint density at radius 1 is 1.25 bits per heavy atom. The van der Waals surface area contributed by atoms with Crippen LogP contribution in [0.15, 0.2) is 48.5 Å². The number of phenolic OH excluding ortho intramolecular Hbond substituents is 1. The van der Waals surface area contributed by atoms with E-state index in [9.17, 15) is 9.90 Å². The van der Waals surface area contributed by atoms with E-state index in [1.807, 2.05) is 0 Å². The normalized spacial score (nSPS) is 10.1. The summed E-state index contributed by atoms with van der Waals surface area (Å²) in [6.45, 7) is -0.102. The number of nitrogen functional groups attached to an aromatic ring is 1. The van der Waals surface area contributed by atoms with Gasteiger partial charge in [0.2, 0.25) is 0 Å². The number of carbonyl (C=O) groups excluding carboxylic acids is 1. The van der Waals surface area contributed by atoms with Crippen LogP contribution in [0.3, 0.4) is 0 Å². The molecular weight excluding hydrogens is 256 g/mol. The van der Waals surface area contributed by atoms with Crippen LogP contribution < -0.4 is 15.4 Å². The molecule has 1 amide bonds. The average molecular weight is 272 g/mol. The van der Waals surface area contributed by atoms with Gasteiger partial charge in [0.1, 0.15) is 11.5 Å². The van der Waals surface area contributed by atoms with Crippen LogP contribution >= 0.6 is 0 Å². The first-order valence-corrected chi connectivity index (χ1v) is 6.10. The van der Waals surface area contributed by atoms with Gasteiger partial charge in [-0.2, -0.15) is 0 Å². The van der Waals surface area contributed by atoms with Crippen molar-refractivity contribution < 1.29 is 14.6 Å². The van der Waals surface area contributed by atoms with Crippen molar-refractivity contribution in [2.75, 3.05) is 24.3 Å². The molecule has 0 aromatic heterocycles. The van der Waals surface area contributed by atoms with Gasteiger partial charge in [0, 0.05) is 30.6 Å². The van der Waals surface area contributed by atoms with Crippen molar-refractivity contribution >= 4 is 17.3 Å². The predicted molar refractivity (Wildman–Crippen MR) is 77.9 cm³/mol. The third kappa shape index (κ3) is 3.41. The molecule has 2 rings (SSSR count). The van der Waals surface area contributed by atoms with Crippen molar-refractivity contribution in [3.63, 3.8) is 0 Å². The Balaban J connectivity index is 1.98. The summed E-state index contributed by atoms with van der Waals surface area (Å²) < 4.78 is 5.39. The highest BCUT2D eigenvalue weighted by molar-refractivity contribution is 5.94. The van der Waals surface area contributed by atoms with Gasteiger partial charge in [-0.05, 0) is 24.3 Å². The molecule has 0 radical (unpaired) electrons. The van der Waals surface area contributed by atoms with Crippen LogP contribution in [0.5, 0.6) is 11.5 Å². The van der Waals surface area contributed by atoms with Gasteiger partial charge in [-0.25, -0.2) is 0 Å². The summed E-state index contributed by atoms with van der Waals surface area (Å²) in [6, 6.07) is 13.4. The molecule has 0 fully saturated rings. The first-order valence-electron chi connectivity index (χ1n) is 6.10. The van der Waals surface area contributed by atoms with Crippen LogP contribution in [0.2, 0.25) is 0 Å². The lowest BCUT2D eigenvalue weighted by Gasteiger charge is -2.17. The molecule has 0 saturated heterocycles. The summed E-state index contributed by atoms with van der Waals surface area (Å²) in [5.41, 5.74) is 6.81. The Hall–Kier alpha value is -2.69. The zero-order valence-electron chi connectivity index (χ0n) is 11.1. The summed E-state index contributed by atoms with van der Waals surface area (Å²) in [4.78, 5) is 13.4. The molecule has 0 atom stereocenters. The van der Waals surface area contributed by atoms with Crippen molar-refractivity contribution in [3.05, 3.63) is 48.5 Å². The number of hydrogen-bond donors (Lipinski definition) is 2. The lowest BCUT2D eigenvalue weighted by atomic mass is 10.3.